The maximum absolute atomic E-state index is 11.6. The second-order valence-electron chi connectivity index (χ2n) is 3.39. The number of nitrogens with one attached hydrogen (secondary N) is 1. The molecule has 0 aromatic heterocycles. The van der Waals surface area contributed by atoms with Gasteiger partial charge >= 0.3 is 0 Å². The molecular formula is C11H14Br2N2O. The molecule has 0 saturated carbocycles. The van der Waals surface area contributed by atoms with E-state index in [9.17, 15) is 4.79 Å². The van der Waals surface area contributed by atoms with Crippen molar-refractivity contribution in [3.63, 3.8) is 0 Å². The van der Waals surface area contributed by atoms with Gasteiger partial charge in [-0.2, -0.15) is 0 Å². The summed E-state index contributed by atoms with van der Waals surface area (Å²) in [7, 11) is 0. The molecule has 0 unspecified atom stereocenters. The maximum Gasteiger partial charge on any atom is 0.224 e. The topological polar surface area (TPSA) is 55.1 Å². The van der Waals surface area contributed by atoms with Crippen LogP contribution in [0.1, 0.15) is 19.3 Å². The fourth-order valence-electron chi connectivity index (χ4n) is 1.25. The van der Waals surface area contributed by atoms with E-state index >= 15 is 0 Å². The second-order valence-corrected chi connectivity index (χ2v) is 5.10. The van der Waals surface area contributed by atoms with Gasteiger partial charge in [0, 0.05) is 15.4 Å². The number of hydrogen-bond acceptors (Lipinski definition) is 2. The fourth-order valence-corrected chi connectivity index (χ4v) is 2.45. The van der Waals surface area contributed by atoms with Crippen LogP contribution in [0.4, 0.5) is 5.69 Å². The molecule has 0 spiro atoms. The minimum absolute atomic E-state index is 0.0149. The van der Waals surface area contributed by atoms with Crippen LogP contribution in [0.5, 0.6) is 0 Å². The highest BCUT2D eigenvalue weighted by Crippen LogP contribution is 2.30. The van der Waals surface area contributed by atoms with Gasteiger partial charge in [-0.05, 0) is 63.4 Å². The molecule has 0 aliphatic heterocycles. The first-order valence-electron chi connectivity index (χ1n) is 5.09. The van der Waals surface area contributed by atoms with E-state index in [0.717, 1.165) is 27.5 Å². The number of anilines is 1. The summed E-state index contributed by atoms with van der Waals surface area (Å²) in [6.45, 7) is 0.631. The number of rotatable bonds is 5. The van der Waals surface area contributed by atoms with Crippen LogP contribution < -0.4 is 11.1 Å². The summed E-state index contributed by atoms with van der Waals surface area (Å²) < 4.78 is 1.74. The van der Waals surface area contributed by atoms with Gasteiger partial charge in [0.2, 0.25) is 5.91 Å². The third-order valence-corrected chi connectivity index (χ3v) is 3.41. The van der Waals surface area contributed by atoms with Gasteiger partial charge in [-0.25, -0.2) is 0 Å². The van der Waals surface area contributed by atoms with Crippen LogP contribution in [0.15, 0.2) is 27.1 Å². The molecule has 16 heavy (non-hydrogen) atoms. The summed E-state index contributed by atoms with van der Waals surface area (Å²) in [5.74, 6) is 0.0149. The molecule has 1 rings (SSSR count). The largest absolute Gasteiger partial charge is 0.330 e. The molecule has 1 amide bonds. The van der Waals surface area contributed by atoms with Crippen LogP contribution in [0.2, 0.25) is 0 Å². The Hall–Kier alpha value is -0.390. The summed E-state index contributed by atoms with van der Waals surface area (Å²) >= 11 is 6.79. The first-order valence-corrected chi connectivity index (χ1v) is 6.67. The predicted molar refractivity (Wildman–Crippen MR) is 73.4 cm³/mol. The number of nitrogens with two attached hydrogens (primary N) is 1. The van der Waals surface area contributed by atoms with Crippen LogP contribution >= 0.6 is 31.9 Å². The number of carbonyl (C=O) groups excluding carboxylic acids is 1. The molecule has 5 heteroatoms. The summed E-state index contributed by atoms with van der Waals surface area (Å²) in [5.41, 5.74) is 6.15. The Kier molecular flexibility index (Phi) is 6.01. The van der Waals surface area contributed by atoms with E-state index in [4.69, 9.17) is 5.73 Å². The summed E-state index contributed by atoms with van der Waals surface area (Å²) in [5, 5.41) is 2.86. The zero-order valence-corrected chi connectivity index (χ0v) is 12.0. The zero-order chi connectivity index (χ0) is 12.0. The van der Waals surface area contributed by atoms with Crippen molar-refractivity contribution in [3.05, 3.63) is 27.1 Å². The van der Waals surface area contributed by atoms with Gasteiger partial charge in [0.1, 0.15) is 0 Å². The van der Waals surface area contributed by atoms with Crippen LogP contribution in [-0.2, 0) is 4.79 Å². The Bertz CT molecular complexity index is 349. The molecule has 0 heterocycles. The molecule has 0 atom stereocenters. The Balaban J connectivity index is 2.56. The van der Waals surface area contributed by atoms with Crippen molar-refractivity contribution in [2.24, 2.45) is 5.73 Å². The summed E-state index contributed by atoms with van der Waals surface area (Å²) in [4.78, 5) is 11.6. The number of hydrogen-bond donors (Lipinski definition) is 2. The van der Waals surface area contributed by atoms with Crippen molar-refractivity contribution in [1.29, 1.82) is 0 Å². The molecule has 3 N–H and O–H groups in total. The van der Waals surface area contributed by atoms with Gasteiger partial charge in [0.15, 0.2) is 0 Å². The van der Waals surface area contributed by atoms with Gasteiger partial charge in [-0.1, -0.05) is 6.07 Å². The normalized spacial score (nSPS) is 10.2. The lowest BCUT2D eigenvalue weighted by molar-refractivity contribution is -0.116. The summed E-state index contributed by atoms with van der Waals surface area (Å²) in [6, 6.07) is 5.68. The van der Waals surface area contributed by atoms with E-state index in [2.05, 4.69) is 37.2 Å². The number of para-hydroxylation sites is 1. The van der Waals surface area contributed by atoms with E-state index in [1.807, 2.05) is 18.2 Å². The smallest absolute Gasteiger partial charge is 0.224 e. The number of carbonyl (C=O) groups is 1. The SMILES string of the molecule is NCCCCC(=O)Nc1c(Br)cccc1Br. The van der Waals surface area contributed by atoms with Crippen LogP contribution in [0.25, 0.3) is 0 Å². The van der Waals surface area contributed by atoms with Gasteiger partial charge < -0.3 is 11.1 Å². The Morgan fingerprint density at radius 2 is 1.88 bits per heavy atom. The minimum Gasteiger partial charge on any atom is -0.330 e. The molecule has 0 bridgehead atoms. The van der Waals surface area contributed by atoms with Crippen molar-refractivity contribution in [2.75, 3.05) is 11.9 Å². The van der Waals surface area contributed by atoms with E-state index in [1.165, 1.54) is 0 Å². The monoisotopic (exact) mass is 348 g/mol. The van der Waals surface area contributed by atoms with Crippen molar-refractivity contribution in [2.45, 2.75) is 19.3 Å². The number of unbranched alkanes of at least 4 members (excludes halogenated alkanes) is 1. The predicted octanol–water partition coefficient (Wildman–Crippen LogP) is 3.28. The van der Waals surface area contributed by atoms with E-state index in [-0.39, 0.29) is 5.91 Å². The molecule has 0 fully saturated rings. The van der Waals surface area contributed by atoms with E-state index < -0.39 is 0 Å². The maximum atomic E-state index is 11.6. The molecular weight excluding hydrogens is 336 g/mol. The first kappa shape index (κ1) is 13.7. The van der Waals surface area contributed by atoms with Gasteiger partial charge in [0.25, 0.3) is 0 Å². The highest BCUT2D eigenvalue weighted by Gasteiger charge is 2.08. The van der Waals surface area contributed by atoms with E-state index in [0.29, 0.717) is 13.0 Å². The van der Waals surface area contributed by atoms with Crippen molar-refractivity contribution in [3.8, 4) is 0 Å². The Labute approximate surface area is 112 Å². The van der Waals surface area contributed by atoms with Crippen molar-refractivity contribution in [1.82, 2.24) is 0 Å². The van der Waals surface area contributed by atoms with E-state index in [1.54, 1.807) is 0 Å². The molecule has 0 saturated heterocycles. The lowest BCUT2D eigenvalue weighted by atomic mass is 10.2. The number of amides is 1. The number of halogens is 2. The lowest BCUT2D eigenvalue weighted by Gasteiger charge is -2.09. The fraction of sp³-hybridized carbons (Fsp3) is 0.364. The van der Waals surface area contributed by atoms with Gasteiger partial charge in [-0.15, -0.1) is 0 Å². The molecule has 1 aromatic rings. The standard InChI is InChI=1S/C11H14Br2N2O/c12-8-4-3-5-9(13)11(8)15-10(16)6-1-2-7-14/h3-5H,1-2,6-7,14H2,(H,15,16). The van der Waals surface area contributed by atoms with Gasteiger partial charge in [-0.3, -0.25) is 4.79 Å². The zero-order valence-electron chi connectivity index (χ0n) is 8.80. The highest BCUT2D eigenvalue weighted by molar-refractivity contribution is 9.11. The van der Waals surface area contributed by atoms with Gasteiger partial charge in [0.05, 0.1) is 5.69 Å². The molecule has 3 nitrogen and oxygen atoms in total. The first-order chi connectivity index (χ1) is 7.65. The average Bonchev–Trinajstić information content (AvgIpc) is 2.24. The quantitative estimate of drug-likeness (QED) is 0.801. The van der Waals surface area contributed by atoms with Crippen LogP contribution in [0.3, 0.4) is 0 Å². The molecule has 0 aliphatic rings. The third kappa shape index (κ3) is 4.23. The molecule has 0 aliphatic carbocycles. The molecule has 88 valence electrons. The van der Waals surface area contributed by atoms with Crippen LogP contribution in [-0.4, -0.2) is 12.5 Å². The molecule has 0 radical (unpaired) electrons. The summed E-state index contributed by atoms with van der Waals surface area (Å²) in [6.07, 6.45) is 2.21. The van der Waals surface area contributed by atoms with Crippen molar-refractivity contribution >= 4 is 43.5 Å². The highest BCUT2D eigenvalue weighted by atomic mass is 79.9. The second kappa shape index (κ2) is 7.04. The Morgan fingerprint density at radius 1 is 1.25 bits per heavy atom. The average molecular weight is 350 g/mol. The minimum atomic E-state index is 0.0149. The van der Waals surface area contributed by atoms with Crippen molar-refractivity contribution < 1.29 is 4.79 Å². The Morgan fingerprint density at radius 3 is 2.44 bits per heavy atom. The third-order valence-electron chi connectivity index (χ3n) is 2.09. The number of benzene rings is 1. The molecule has 1 aromatic carbocycles. The van der Waals surface area contributed by atoms with Crippen LogP contribution in [0, 0.1) is 0 Å². The lowest BCUT2D eigenvalue weighted by Crippen LogP contribution is -2.12.